The molecule has 2 aromatic carbocycles. The van der Waals surface area contributed by atoms with Gasteiger partial charge in [0.05, 0.1) is 34.2 Å². The summed E-state index contributed by atoms with van der Waals surface area (Å²) >= 11 is 6.15. The van der Waals surface area contributed by atoms with E-state index < -0.39 is 5.91 Å². The molecule has 0 fully saturated rings. The van der Waals surface area contributed by atoms with Crippen LogP contribution in [-0.2, 0) is 13.2 Å². The van der Waals surface area contributed by atoms with Gasteiger partial charge in [-0.15, -0.1) is 0 Å². The van der Waals surface area contributed by atoms with E-state index in [0.717, 1.165) is 11.3 Å². The summed E-state index contributed by atoms with van der Waals surface area (Å²) in [6.45, 7) is 5.90. The predicted octanol–water partition coefficient (Wildman–Crippen LogP) is 5.47. The zero-order valence-electron chi connectivity index (χ0n) is 18.4. The fourth-order valence-electron chi connectivity index (χ4n) is 3.42. The molecule has 33 heavy (non-hydrogen) atoms. The number of hydrogen-bond donors (Lipinski definition) is 1. The number of carbonyl (C=O) groups excluding carboxylic acids is 1. The second-order valence-electron chi connectivity index (χ2n) is 7.57. The number of aromatic nitrogens is 3. The molecule has 4 rings (SSSR count). The Morgan fingerprint density at radius 3 is 2.61 bits per heavy atom. The first-order chi connectivity index (χ1) is 15.8. The molecule has 4 aromatic rings. The zero-order chi connectivity index (χ0) is 23.5. The molecule has 7 nitrogen and oxygen atoms in total. The Kier molecular flexibility index (Phi) is 6.46. The fourth-order valence-corrected chi connectivity index (χ4v) is 3.61. The highest BCUT2D eigenvalue weighted by Crippen LogP contribution is 2.26. The van der Waals surface area contributed by atoms with Gasteiger partial charge in [0.2, 0.25) is 0 Å². The second kappa shape index (κ2) is 9.46. The molecule has 0 bridgehead atoms. The van der Waals surface area contributed by atoms with Crippen molar-refractivity contribution in [1.29, 1.82) is 0 Å². The Hall–Kier alpha value is -3.65. The highest BCUT2D eigenvalue weighted by Gasteiger charge is 2.23. The van der Waals surface area contributed by atoms with Crippen LogP contribution in [0.1, 0.15) is 38.8 Å². The molecular weight excluding hydrogens is 447 g/mol. The molecule has 0 spiro atoms. The van der Waals surface area contributed by atoms with E-state index in [1.54, 1.807) is 48.9 Å². The third-order valence-corrected chi connectivity index (χ3v) is 5.59. The number of halogens is 2. The number of para-hydroxylation sites is 1. The average molecular weight is 469 g/mol. The van der Waals surface area contributed by atoms with Crippen molar-refractivity contribution in [1.82, 2.24) is 14.9 Å². The van der Waals surface area contributed by atoms with Gasteiger partial charge in [-0.05, 0) is 50.6 Å². The maximum Gasteiger partial charge on any atom is 0.278 e. The van der Waals surface area contributed by atoms with Crippen LogP contribution in [0.2, 0.25) is 5.02 Å². The fraction of sp³-hybridized carbons (Fsp3) is 0.208. The number of hydrogen-bond acceptors (Lipinski definition) is 5. The summed E-state index contributed by atoms with van der Waals surface area (Å²) in [5, 5.41) is 11.8. The average Bonchev–Trinajstić information content (AvgIpc) is 3.29. The van der Waals surface area contributed by atoms with Crippen LogP contribution < -0.4 is 10.1 Å². The van der Waals surface area contributed by atoms with Crippen LogP contribution in [0.3, 0.4) is 0 Å². The molecule has 0 aliphatic rings. The first-order valence-corrected chi connectivity index (χ1v) is 10.6. The lowest BCUT2D eigenvalue weighted by Crippen LogP contribution is -2.16. The Balaban J connectivity index is 1.51. The summed E-state index contributed by atoms with van der Waals surface area (Å²) in [5.74, 6) is 0.252. The molecule has 0 aliphatic carbocycles. The van der Waals surface area contributed by atoms with Crippen LogP contribution in [0.4, 0.5) is 10.1 Å². The van der Waals surface area contributed by atoms with Crippen molar-refractivity contribution in [2.24, 2.45) is 0 Å². The molecular formula is C24H22ClFN4O3. The molecule has 0 saturated heterocycles. The summed E-state index contributed by atoms with van der Waals surface area (Å²) in [4.78, 5) is 13.0. The number of carbonyl (C=O) groups is 1. The van der Waals surface area contributed by atoms with Crippen LogP contribution in [0.25, 0.3) is 0 Å². The molecule has 1 amide bonds. The summed E-state index contributed by atoms with van der Waals surface area (Å²) in [6.07, 6.45) is 0. The summed E-state index contributed by atoms with van der Waals surface area (Å²) in [6, 6.07) is 13.3. The number of amides is 1. The number of aryl methyl sites for hydroxylation is 2. The van der Waals surface area contributed by atoms with Crippen molar-refractivity contribution in [3.63, 3.8) is 0 Å². The van der Waals surface area contributed by atoms with Crippen LogP contribution in [0.5, 0.6) is 5.75 Å². The number of ether oxygens (including phenoxy) is 1. The van der Waals surface area contributed by atoms with Gasteiger partial charge in [0, 0.05) is 0 Å². The smallest absolute Gasteiger partial charge is 0.278 e. The van der Waals surface area contributed by atoms with E-state index in [4.69, 9.17) is 20.9 Å². The van der Waals surface area contributed by atoms with E-state index in [1.165, 1.54) is 12.1 Å². The topological polar surface area (TPSA) is 82.2 Å². The van der Waals surface area contributed by atoms with Crippen molar-refractivity contribution < 1.29 is 18.4 Å². The molecule has 9 heteroatoms. The maximum atomic E-state index is 13.2. The normalized spacial score (nSPS) is 10.9. The highest BCUT2D eigenvalue weighted by molar-refractivity contribution is 6.32. The number of benzene rings is 2. The van der Waals surface area contributed by atoms with Crippen molar-refractivity contribution in [3.8, 4) is 5.75 Å². The molecule has 1 N–H and O–H groups in total. The van der Waals surface area contributed by atoms with Gasteiger partial charge in [-0.1, -0.05) is 41.0 Å². The van der Waals surface area contributed by atoms with Crippen LogP contribution in [0.15, 0.2) is 53.1 Å². The molecule has 170 valence electrons. The van der Waals surface area contributed by atoms with Gasteiger partial charge in [-0.25, -0.2) is 4.39 Å². The van der Waals surface area contributed by atoms with Crippen LogP contribution >= 0.6 is 11.6 Å². The van der Waals surface area contributed by atoms with E-state index in [-0.39, 0.29) is 18.1 Å². The van der Waals surface area contributed by atoms with E-state index >= 15 is 0 Å². The van der Waals surface area contributed by atoms with Crippen molar-refractivity contribution >= 4 is 23.2 Å². The Labute approximate surface area is 195 Å². The quantitative estimate of drug-likeness (QED) is 0.389. The van der Waals surface area contributed by atoms with Crippen molar-refractivity contribution in [3.05, 3.63) is 93.3 Å². The summed E-state index contributed by atoms with van der Waals surface area (Å²) in [5.41, 5.74) is 3.55. The van der Waals surface area contributed by atoms with E-state index in [0.29, 0.717) is 40.0 Å². The monoisotopic (exact) mass is 468 g/mol. The number of nitrogens with zero attached hydrogens (tertiary/aromatic N) is 3. The number of nitrogens with one attached hydrogen (secondary N) is 1. The first kappa shape index (κ1) is 22.5. The van der Waals surface area contributed by atoms with Crippen molar-refractivity contribution in [2.45, 2.75) is 33.9 Å². The van der Waals surface area contributed by atoms with E-state index in [1.807, 2.05) is 13.0 Å². The van der Waals surface area contributed by atoms with Gasteiger partial charge in [0.15, 0.2) is 5.69 Å². The van der Waals surface area contributed by atoms with Gasteiger partial charge < -0.3 is 14.6 Å². The van der Waals surface area contributed by atoms with Gasteiger partial charge >= 0.3 is 0 Å². The predicted molar refractivity (Wildman–Crippen MR) is 122 cm³/mol. The molecule has 0 atom stereocenters. The molecule has 0 unspecified atom stereocenters. The second-order valence-corrected chi connectivity index (χ2v) is 7.98. The van der Waals surface area contributed by atoms with Crippen LogP contribution in [-0.4, -0.2) is 20.8 Å². The minimum atomic E-state index is -0.433. The lowest BCUT2D eigenvalue weighted by Gasteiger charge is -2.09. The molecule has 2 heterocycles. The standard InChI is InChI=1S/C24H22ClFN4O3/c1-14-22(15(2)30(28-14)12-17-8-10-18(26)11-9-17)27-24(31)23-19(16(3)33-29-23)13-32-21-7-5-4-6-20(21)25/h4-11H,12-13H2,1-3H3,(H,27,31). The largest absolute Gasteiger partial charge is 0.487 e. The zero-order valence-corrected chi connectivity index (χ0v) is 19.1. The minimum Gasteiger partial charge on any atom is -0.487 e. The first-order valence-electron chi connectivity index (χ1n) is 10.3. The lowest BCUT2D eigenvalue weighted by atomic mass is 10.2. The third kappa shape index (κ3) is 4.90. The SMILES string of the molecule is Cc1nn(Cc2ccc(F)cc2)c(C)c1NC(=O)c1noc(C)c1COc1ccccc1Cl. The van der Waals surface area contributed by atoms with E-state index in [9.17, 15) is 9.18 Å². The van der Waals surface area contributed by atoms with Crippen LogP contribution in [0, 0.1) is 26.6 Å². The lowest BCUT2D eigenvalue weighted by molar-refractivity contribution is 0.101. The maximum absolute atomic E-state index is 13.2. The van der Waals surface area contributed by atoms with Gasteiger partial charge in [-0.3, -0.25) is 9.48 Å². The van der Waals surface area contributed by atoms with E-state index in [2.05, 4.69) is 15.6 Å². The molecule has 0 radical (unpaired) electrons. The van der Waals surface area contributed by atoms with Gasteiger partial charge in [0.25, 0.3) is 5.91 Å². The molecule has 0 saturated carbocycles. The molecule has 0 aliphatic heterocycles. The third-order valence-electron chi connectivity index (χ3n) is 5.27. The summed E-state index contributed by atoms with van der Waals surface area (Å²) in [7, 11) is 0. The van der Waals surface area contributed by atoms with Gasteiger partial charge in [-0.2, -0.15) is 5.10 Å². The minimum absolute atomic E-state index is 0.0730. The Bertz CT molecular complexity index is 1300. The number of rotatable bonds is 7. The van der Waals surface area contributed by atoms with Gasteiger partial charge in [0.1, 0.15) is 23.9 Å². The Morgan fingerprint density at radius 2 is 1.88 bits per heavy atom. The molecule has 2 aromatic heterocycles. The number of anilines is 1. The van der Waals surface area contributed by atoms with Crippen molar-refractivity contribution in [2.75, 3.05) is 5.32 Å². The Morgan fingerprint density at radius 1 is 1.15 bits per heavy atom. The summed E-state index contributed by atoms with van der Waals surface area (Å²) < 4.78 is 26.0. The highest BCUT2D eigenvalue weighted by atomic mass is 35.5.